The zero-order chi connectivity index (χ0) is 21.3. The maximum atomic E-state index is 13.3. The highest BCUT2D eigenvalue weighted by molar-refractivity contribution is 6.31. The van der Waals surface area contributed by atoms with Gasteiger partial charge in [0, 0.05) is 22.8 Å². The molecule has 7 heteroatoms. The molecule has 2 aromatic carbocycles. The van der Waals surface area contributed by atoms with Crippen molar-refractivity contribution in [3.05, 3.63) is 80.7 Å². The number of aromatic nitrogens is 2. The molecular formula is C23H25ClN4O2. The van der Waals surface area contributed by atoms with Crippen LogP contribution in [0.1, 0.15) is 23.7 Å². The standard InChI is InChI=1S/C23H25ClN4O2/c1-4-18-16(2)25-23-27(20-11-7-8-12-21(20)30-3)14-26(15-28(23)22(18)29)13-17-9-5-6-10-19(17)24/h5-12H,4,13-15H2,1-3H3. The second-order valence-corrected chi connectivity index (χ2v) is 7.77. The Balaban J connectivity index is 1.83. The van der Waals surface area contributed by atoms with Gasteiger partial charge in [-0.3, -0.25) is 19.2 Å². The van der Waals surface area contributed by atoms with E-state index in [1.807, 2.05) is 67.3 Å². The quantitative estimate of drug-likeness (QED) is 0.609. The van der Waals surface area contributed by atoms with Crippen LogP contribution in [0.3, 0.4) is 0 Å². The third-order valence-corrected chi connectivity index (χ3v) is 5.82. The molecule has 0 fully saturated rings. The summed E-state index contributed by atoms with van der Waals surface area (Å²) in [5.41, 5.74) is 3.41. The number of fused-ring (bicyclic) bond motifs is 1. The molecule has 6 nitrogen and oxygen atoms in total. The highest BCUT2D eigenvalue weighted by Gasteiger charge is 2.29. The summed E-state index contributed by atoms with van der Waals surface area (Å²) in [5, 5.41) is 0.718. The number of nitrogens with zero attached hydrogens (tertiary/aromatic N) is 4. The van der Waals surface area contributed by atoms with Crippen LogP contribution in [0, 0.1) is 6.92 Å². The molecule has 4 rings (SSSR count). The van der Waals surface area contributed by atoms with E-state index in [0.717, 1.165) is 33.3 Å². The fraction of sp³-hybridized carbons (Fsp3) is 0.304. The molecule has 0 spiro atoms. The SMILES string of the molecule is CCc1c(C)nc2n(c1=O)CN(Cc1ccccc1Cl)CN2c1ccccc1OC. The predicted molar refractivity (Wildman–Crippen MR) is 120 cm³/mol. The van der Waals surface area contributed by atoms with E-state index in [9.17, 15) is 4.79 Å². The van der Waals surface area contributed by atoms with Gasteiger partial charge in [-0.2, -0.15) is 0 Å². The molecule has 0 radical (unpaired) electrons. The van der Waals surface area contributed by atoms with E-state index in [4.69, 9.17) is 21.3 Å². The number of para-hydroxylation sites is 2. The first kappa shape index (κ1) is 20.4. The van der Waals surface area contributed by atoms with Crippen molar-refractivity contribution in [2.45, 2.75) is 33.5 Å². The molecular weight excluding hydrogens is 400 g/mol. The molecule has 0 amide bonds. The predicted octanol–water partition coefficient (Wildman–Crippen LogP) is 4.35. The second-order valence-electron chi connectivity index (χ2n) is 7.37. The lowest BCUT2D eigenvalue weighted by Crippen LogP contribution is -2.47. The van der Waals surface area contributed by atoms with Crippen molar-refractivity contribution in [1.82, 2.24) is 14.5 Å². The molecule has 0 aliphatic carbocycles. The number of rotatable bonds is 5. The van der Waals surface area contributed by atoms with E-state index in [0.29, 0.717) is 32.3 Å². The lowest BCUT2D eigenvalue weighted by Gasteiger charge is -2.39. The molecule has 1 aliphatic rings. The van der Waals surface area contributed by atoms with Crippen molar-refractivity contribution >= 4 is 23.2 Å². The molecule has 1 aliphatic heterocycles. The first-order chi connectivity index (χ1) is 14.5. The fourth-order valence-electron chi connectivity index (χ4n) is 3.94. The van der Waals surface area contributed by atoms with E-state index in [2.05, 4.69) is 4.90 Å². The van der Waals surface area contributed by atoms with Gasteiger partial charge in [0.25, 0.3) is 5.56 Å². The van der Waals surface area contributed by atoms with Gasteiger partial charge in [-0.1, -0.05) is 48.9 Å². The van der Waals surface area contributed by atoms with Gasteiger partial charge in [0.1, 0.15) is 5.75 Å². The Morgan fingerprint density at radius 3 is 2.57 bits per heavy atom. The van der Waals surface area contributed by atoms with Gasteiger partial charge in [0.15, 0.2) is 0 Å². The van der Waals surface area contributed by atoms with Gasteiger partial charge >= 0.3 is 0 Å². The zero-order valence-corrected chi connectivity index (χ0v) is 18.2. The van der Waals surface area contributed by atoms with Crippen LogP contribution in [-0.4, -0.2) is 28.2 Å². The normalized spacial score (nSPS) is 13.9. The Kier molecular flexibility index (Phi) is 5.79. The number of hydrogen-bond acceptors (Lipinski definition) is 5. The summed E-state index contributed by atoms with van der Waals surface area (Å²) in [4.78, 5) is 22.3. The van der Waals surface area contributed by atoms with Crippen molar-refractivity contribution < 1.29 is 4.74 Å². The smallest absolute Gasteiger partial charge is 0.259 e. The summed E-state index contributed by atoms with van der Waals surface area (Å²) < 4.78 is 7.34. The number of anilines is 2. The maximum absolute atomic E-state index is 13.3. The van der Waals surface area contributed by atoms with Gasteiger partial charge in [-0.25, -0.2) is 4.98 Å². The summed E-state index contributed by atoms with van der Waals surface area (Å²) in [6, 6.07) is 15.6. The average molecular weight is 425 g/mol. The minimum atomic E-state index is 0.00348. The van der Waals surface area contributed by atoms with Crippen molar-refractivity contribution in [1.29, 1.82) is 0 Å². The summed E-state index contributed by atoms with van der Waals surface area (Å²) in [5.74, 6) is 1.37. The molecule has 156 valence electrons. The largest absolute Gasteiger partial charge is 0.495 e. The lowest BCUT2D eigenvalue weighted by atomic mass is 10.2. The molecule has 0 saturated carbocycles. The van der Waals surface area contributed by atoms with Crippen LogP contribution < -0.4 is 15.2 Å². The van der Waals surface area contributed by atoms with Gasteiger partial charge in [0.2, 0.25) is 5.95 Å². The molecule has 30 heavy (non-hydrogen) atoms. The van der Waals surface area contributed by atoms with Crippen LogP contribution in [0.4, 0.5) is 11.6 Å². The molecule has 0 N–H and O–H groups in total. The van der Waals surface area contributed by atoms with Gasteiger partial charge in [-0.05, 0) is 37.1 Å². The Morgan fingerprint density at radius 1 is 1.10 bits per heavy atom. The van der Waals surface area contributed by atoms with Crippen molar-refractivity contribution in [3.63, 3.8) is 0 Å². The number of halogens is 1. The van der Waals surface area contributed by atoms with Crippen LogP contribution in [0.2, 0.25) is 5.02 Å². The highest BCUT2D eigenvalue weighted by Crippen LogP contribution is 2.35. The summed E-state index contributed by atoms with van der Waals surface area (Å²) in [6.07, 6.45) is 0.650. The Morgan fingerprint density at radius 2 is 1.83 bits per heavy atom. The molecule has 1 aromatic heterocycles. The summed E-state index contributed by atoms with van der Waals surface area (Å²) in [6.45, 7) is 5.51. The third kappa shape index (κ3) is 3.68. The minimum absolute atomic E-state index is 0.00348. The van der Waals surface area contributed by atoms with E-state index in [1.165, 1.54) is 0 Å². The minimum Gasteiger partial charge on any atom is -0.495 e. The monoisotopic (exact) mass is 424 g/mol. The first-order valence-corrected chi connectivity index (χ1v) is 10.4. The van der Waals surface area contributed by atoms with Crippen LogP contribution in [0.5, 0.6) is 5.75 Å². The molecule has 0 unspecified atom stereocenters. The van der Waals surface area contributed by atoms with Crippen LogP contribution in [0.15, 0.2) is 53.3 Å². The van der Waals surface area contributed by atoms with Gasteiger partial charge in [-0.15, -0.1) is 0 Å². The number of aryl methyl sites for hydroxylation is 1. The van der Waals surface area contributed by atoms with E-state index < -0.39 is 0 Å². The highest BCUT2D eigenvalue weighted by atomic mass is 35.5. The van der Waals surface area contributed by atoms with E-state index in [-0.39, 0.29) is 5.56 Å². The van der Waals surface area contributed by atoms with E-state index in [1.54, 1.807) is 11.7 Å². The van der Waals surface area contributed by atoms with Crippen LogP contribution in [0.25, 0.3) is 0 Å². The number of benzene rings is 2. The lowest BCUT2D eigenvalue weighted by molar-refractivity contribution is 0.189. The summed E-state index contributed by atoms with van der Waals surface area (Å²) >= 11 is 6.40. The van der Waals surface area contributed by atoms with Crippen molar-refractivity contribution in [2.24, 2.45) is 0 Å². The average Bonchev–Trinajstić information content (AvgIpc) is 2.76. The first-order valence-electron chi connectivity index (χ1n) is 10.00. The van der Waals surface area contributed by atoms with Gasteiger partial charge < -0.3 is 4.74 Å². The summed E-state index contributed by atoms with van der Waals surface area (Å²) in [7, 11) is 1.65. The van der Waals surface area contributed by atoms with Gasteiger partial charge in [0.05, 0.1) is 26.1 Å². The van der Waals surface area contributed by atoms with Crippen molar-refractivity contribution in [2.75, 3.05) is 18.7 Å². The van der Waals surface area contributed by atoms with E-state index >= 15 is 0 Å². The number of methoxy groups -OCH3 is 1. The second kappa shape index (κ2) is 8.50. The third-order valence-electron chi connectivity index (χ3n) is 5.45. The number of ether oxygens (including phenoxy) is 1. The maximum Gasteiger partial charge on any atom is 0.259 e. The Labute approximate surface area is 181 Å². The molecule has 2 heterocycles. The van der Waals surface area contributed by atoms with Crippen LogP contribution >= 0.6 is 11.6 Å². The zero-order valence-electron chi connectivity index (χ0n) is 17.4. The van der Waals surface area contributed by atoms with Crippen LogP contribution in [-0.2, 0) is 19.6 Å². The fourth-order valence-corrected chi connectivity index (χ4v) is 4.13. The van der Waals surface area contributed by atoms with Crippen molar-refractivity contribution in [3.8, 4) is 5.75 Å². The Bertz CT molecular complexity index is 1130. The Hall–Kier alpha value is -2.83. The topological polar surface area (TPSA) is 50.6 Å². The molecule has 0 atom stereocenters. The molecule has 0 saturated heterocycles. The molecule has 3 aromatic rings. The number of hydrogen-bond donors (Lipinski definition) is 0. The molecule has 0 bridgehead atoms.